The number of hydrogen-bond donors (Lipinski definition) is 1. The zero-order valence-electron chi connectivity index (χ0n) is 11.5. The maximum absolute atomic E-state index is 6.28. The van der Waals surface area contributed by atoms with Gasteiger partial charge >= 0.3 is 0 Å². The maximum Gasteiger partial charge on any atom is 0.0669 e. The molecule has 0 bridgehead atoms. The molecule has 1 heterocycles. The van der Waals surface area contributed by atoms with E-state index in [9.17, 15) is 0 Å². The molecule has 0 unspecified atom stereocenters. The van der Waals surface area contributed by atoms with E-state index < -0.39 is 0 Å². The highest BCUT2D eigenvalue weighted by molar-refractivity contribution is 6.35. The molecule has 1 N–H and O–H groups in total. The Labute approximate surface area is 119 Å². The molecule has 1 aromatic carbocycles. The van der Waals surface area contributed by atoms with Gasteiger partial charge in [-0.05, 0) is 37.4 Å². The van der Waals surface area contributed by atoms with Gasteiger partial charge in [0.15, 0.2) is 0 Å². The third kappa shape index (κ3) is 2.65. The van der Waals surface area contributed by atoms with Gasteiger partial charge in [0.2, 0.25) is 0 Å². The van der Waals surface area contributed by atoms with Crippen molar-refractivity contribution in [2.75, 3.05) is 6.54 Å². The summed E-state index contributed by atoms with van der Waals surface area (Å²) in [6.07, 6.45) is 8.77. The molecule has 1 saturated carbocycles. The largest absolute Gasteiger partial charge is 0.349 e. The van der Waals surface area contributed by atoms with E-state index in [0.717, 1.165) is 29.5 Å². The summed E-state index contributed by atoms with van der Waals surface area (Å²) < 4.78 is 2.14. The lowest BCUT2D eigenvalue weighted by atomic mass is 10.1. The molecule has 3 heteroatoms. The van der Waals surface area contributed by atoms with Crippen molar-refractivity contribution >= 4 is 22.5 Å². The van der Waals surface area contributed by atoms with Crippen LogP contribution < -0.4 is 5.32 Å². The molecule has 3 rings (SSSR count). The second-order valence-corrected chi connectivity index (χ2v) is 5.99. The van der Waals surface area contributed by atoms with Crippen molar-refractivity contribution < 1.29 is 0 Å². The van der Waals surface area contributed by atoms with Crippen molar-refractivity contribution in [2.24, 2.45) is 7.05 Å². The highest BCUT2D eigenvalue weighted by Crippen LogP contribution is 2.27. The van der Waals surface area contributed by atoms with Crippen LogP contribution in [0.15, 0.2) is 24.4 Å². The number of hydrogen-bond acceptors (Lipinski definition) is 1. The summed E-state index contributed by atoms with van der Waals surface area (Å²) in [7, 11) is 2.07. The topological polar surface area (TPSA) is 17.0 Å². The van der Waals surface area contributed by atoms with Gasteiger partial charge in [-0.1, -0.05) is 36.6 Å². The van der Waals surface area contributed by atoms with E-state index in [2.05, 4.69) is 29.2 Å². The molecule has 1 fully saturated rings. The van der Waals surface area contributed by atoms with Crippen LogP contribution in [-0.4, -0.2) is 17.2 Å². The molecular weight excluding hydrogens is 256 g/mol. The second-order valence-electron chi connectivity index (χ2n) is 5.59. The van der Waals surface area contributed by atoms with Gasteiger partial charge in [0.05, 0.1) is 10.5 Å². The lowest BCUT2D eigenvalue weighted by molar-refractivity contribution is 0.528. The quantitative estimate of drug-likeness (QED) is 0.896. The van der Waals surface area contributed by atoms with E-state index >= 15 is 0 Å². The monoisotopic (exact) mass is 276 g/mol. The minimum Gasteiger partial charge on any atom is -0.349 e. The Morgan fingerprint density at radius 3 is 2.89 bits per heavy atom. The first kappa shape index (κ1) is 13.0. The Morgan fingerprint density at radius 1 is 1.32 bits per heavy atom. The summed E-state index contributed by atoms with van der Waals surface area (Å²) >= 11 is 6.28. The summed E-state index contributed by atoms with van der Waals surface area (Å²) in [5.74, 6) is 0. The first-order chi connectivity index (χ1) is 9.25. The number of benzene rings is 1. The summed E-state index contributed by atoms with van der Waals surface area (Å²) in [6.45, 7) is 1.07. The first-order valence-corrected chi connectivity index (χ1v) is 7.59. The van der Waals surface area contributed by atoms with Crippen LogP contribution in [-0.2, 0) is 13.5 Å². The van der Waals surface area contributed by atoms with E-state index in [0.29, 0.717) is 0 Å². The SMILES string of the molecule is Cn1cc(CCNC2CCCC2)c2cccc(Cl)c21. The molecule has 19 heavy (non-hydrogen) atoms. The standard InChI is InChI=1S/C16H21ClN2/c1-19-11-12(9-10-18-13-5-2-3-6-13)14-7-4-8-15(17)16(14)19/h4,7-8,11,13,18H,2-3,5-6,9-10H2,1H3. The van der Waals surface area contributed by atoms with Gasteiger partial charge in [-0.3, -0.25) is 0 Å². The molecule has 0 saturated heterocycles. The number of aromatic nitrogens is 1. The van der Waals surface area contributed by atoms with Crippen LogP contribution in [0.1, 0.15) is 31.2 Å². The Bertz CT molecular complexity index is 567. The van der Waals surface area contributed by atoms with Crippen molar-refractivity contribution in [1.82, 2.24) is 9.88 Å². The fourth-order valence-electron chi connectivity index (χ4n) is 3.24. The fourth-order valence-corrected chi connectivity index (χ4v) is 3.55. The summed E-state index contributed by atoms with van der Waals surface area (Å²) in [6, 6.07) is 6.92. The van der Waals surface area contributed by atoms with Crippen LogP contribution in [0.4, 0.5) is 0 Å². The number of nitrogens with one attached hydrogen (secondary N) is 1. The molecule has 0 radical (unpaired) electrons. The predicted octanol–water partition coefficient (Wildman–Crippen LogP) is 3.91. The highest BCUT2D eigenvalue weighted by atomic mass is 35.5. The van der Waals surface area contributed by atoms with Crippen LogP contribution in [0, 0.1) is 0 Å². The molecule has 2 aromatic rings. The predicted molar refractivity (Wildman–Crippen MR) is 81.9 cm³/mol. The van der Waals surface area contributed by atoms with Crippen LogP contribution in [0.3, 0.4) is 0 Å². The summed E-state index contributed by atoms with van der Waals surface area (Å²) in [5.41, 5.74) is 2.55. The molecule has 0 amide bonds. The van der Waals surface area contributed by atoms with Gasteiger partial charge < -0.3 is 9.88 Å². The van der Waals surface area contributed by atoms with Crippen molar-refractivity contribution in [1.29, 1.82) is 0 Å². The van der Waals surface area contributed by atoms with E-state index in [1.807, 2.05) is 12.1 Å². The number of halogens is 1. The smallest absolute Gasteiger partial charge is 0.0669 e. The zero-order valence-corrected chi connectivity index (χ0v) is 12.2. The van der Waals surface area contributed by atoms with Crippen molar-refractivity contribution in [3.05, 3.63) is 35.0 Å². The van der Waals surface area contributed by atoms with Gasteiger partial charge in [0.1, 0.15) is 0 Å². The van der Waals surface area contributed by atoms with Crippen LogP contribution in [0.25, 0.3) is 10.9 Å². The minimum absolute atomic E-state index is 0.749. The van der Waals surface area contributed by atoms with E-state index in [1.54, 1.807) is 0 Å². The molecular formula is C16H21ClN2. The molecule has 2 nitrogen and oxygen atoms in total. The number of rotatable bonds is 4. The molecule has 1 aliphatic rings. The molecule has 0 spiro atoms. The van der Waals surface area contributed by atoms with E-state index in [-0.39, 0.29) is 0 Å². The average Bonchev–Trinajstić information content (AvgIpc) is 3.00. The van der Waals surface area contributed by atoms with Crippen LogP contribution >= 0.6 is 11.6 Å². The molecule has 102 valence electrons. The minimum atomic E-state index is 0.749. The number of aryl methyl sites for hydroxylation is 1. The summed E-state index contributed by atoms with van der Waals surface area (Å²) in [5, 5.41) is 5.81. The molecule has 0 aliphatic heterocycles. The van der Waals surface area contributed by atoms with Crippen molar-refractivity contribution in [2.45, 2.75) is 38.1 Å². The Morgan fingerprint density at radius 2 is 2.11 bits per heavy atom. The van der Waals surface area contributed by atoms with E-state index in [1.165, 1.54) is 36.6 Å². The molecule has 1 aromatic heterocycles. The Hall–Kier alpha value is -0.990. The molecule has 0 atom stereocenters. The Balaban J connectivity index is 1.72. The second kappa shape index (κ2) is 5.56. The third-order valence-corrected chi connectivity index (χ3v) is 4.52. The van der Waals surface area contributed by atoms with Crippen LogP contribution in [0.5, 0.6) is 0 Å². The van der Waals surface area contributed by atoms with Crippen molar-refractivity contribution in [3.8, 4) is 0 Å². The fraction of sp³-hybridized carbons (Fsp3) is 0.500. The maximum atomic E-state index is 6.28. The van der Waals surface area contributed by atoms with Gasteiger partial charge in [-0.2, -0.15) is 0 Å². The van der Waals surface area contributed by atoms with E-state index in [4.69, 9.17) is 11.6 Å². The highest BCUT2D eigenvalue weighted by Gasteiger charge is 2.14. The van der Waals surface area contributed by atoms with Gasteiger partial charge in [0.25, 0.3) is 0 Å². The Kier molecular flexibility index (Phi) is 3.81. The first-order valence-electron chi connectivity index (χ1n) is 7.21. The lowest BCUT2D eigenvalue weighted by Crippen LogP contribution is -2.27. The normalized spacial score (nSPS) is 16.5. The summed E-state index contributed by atoms with van der Waals surface area (Å²) in [4.78, 5) is 0. The average molecular weight is 277 g/mol. The van der Waals surface area contributed by atoms with Gasteiger partial charge in [0, 0.05) is 24.7 Å². The third-order valence-electron chi connectivity index (χ3n) is 4.22. The van der Waals surface area contributed by atoms with Crippen LogP contribution in [0.2, 0.25) is 5.02 Å². The number of nitrogens with zero attached hydrogens (tertiary/aromatic N) is 1. The lowest BCUT2D eigenvalue weighted by Gasteiger charge is -2.10. The molecule has 1 aliphatic carbocycles. The van der Waals surface area contributed by atoms with Crippen molar-refractivity contribution in [3.63, 3.8) is 0 Å². The number of fused-ring (bicyclic) bond motifs is 1. The van der Waals surface area contributed by atoms with Gasteiger partial charge in [-0.25, -0.2) is 0 Å². The number of para-hydroxylation sites is 1. The van der Waals surface area contributed by atoms with Gasteiger partial charge in [-0.15, -0.1) is 0 Å². The zero-order chi connectivity index (χ0) is 13.2.